The molecule has 3 heterocycles. The van der Waals surface area contributed by atoms with Crippen LogP contribution in [0.25, 0.3) is 32.7 Å². The highest BCUT2D eigenvalue weighted by molar-refractivity contribution is 5.95. The van der Waals surface area contributed by atoms with Gasteiger partial charge in [0.25, 0.3) is 0 Å². The van der Waals surface area contributed by atoms with Gasteiger partial charge in [-0.15, -0.1) is 0 Å². The van der Waals surface area contributed by atoms with Crippen molar-refractivity contribution in [3.8, 4) is 0 Å². The highest BCUT2D eigenvalue weighted by atomic mass is 16.4. The maximum atomic E-state index is 14.0. The van der Waals surface area contributed by atoms with E-state index < -0.39 is 47.9 Å². The molecule has 0 aliphatic carbocycles. The van der Waals surface area contributed by atoms with Crippen molar-refractivity contribution in [2.45, 2.75) is 63.7 Å². The Hall–Kier alpha value is -5.88. The SMILES string of the molecule is CC(C)CC(NC(=O)C(N)Cc1c[nH]c2ccccc12)C(=O)NC(Cc1c[nH]c2ccccc12)C(=O)NC(Cc1c[nH]c2ccccc12)C(=O)O. The quantitative estimate of drug-likeness (QED) is 0.0800. The lowest BCUT2D eigenvalue weighted by molar-refractivity contribution is -0.142. The summed E-state index contributed by atoms with van der Waals surface area (Å²) in [7, 11) is 0. The van der Waals surface area contributed by atoms with E-state index in [1.54, 1.807) is 12.4 Å². The van der Waals surface area contributed by atoms with Crippen LogP contribution in [0.15, 0.2) is 91.4 Å². The first-order chi connectivity index (χ1) is 24.6. The first-order valence-electron chi connectivity index (χ1n) is 17.1. The summed E-state index contributed by atoms with van der Waals surface area (Å²) in [5.41, 5.74) is 11.4. The van der Waals surface area contributed by atoms with Crippen LogP contribution in [-0.2, 0) is 38.4 Å². The Morgan fingerprint density at radius 3 is 1.45 bits per heavy atom. The van der Waals surface area contributed by atoms with E-state index in [-0.39, 0.29) is 31.6 Å². The normalized spacial score (nSPS) is 14.0. The average Bonchev–Trinajstić information content (AvgIpc) is 3.84. The lowest BCUT2D eigenvalue weighted by Crippen LogP contribution is -2.58. The van der Waals surface area contributed by atoms with E-state index in [2.05, 4.69) is 30.9 Å². The molecule has 4 unspecified atom stereocenters. The molecule has 12 heteroatoms. The largest absolute Gasteiger partial charge is 0.480 e. The van der Waals surface area contributed by atoms with Gasteiger partial charge in [-0.2, -0.15) is 0 Å². The number of para-hydroxylation sites is 3. The lowest BCUT2D eigenvalue weighted by Gasteiger charge is -2.26. The highest BCUT2D eigenvalue weighted by Crippen LogP contribution is 2.22. The summed E-state index contributed by atoms with van der Waals surface area (Å²) in [6.07, 6.45) is 5.98. The third-order valence-electron chi connectivity index (χ3n) is 9.24. The van der Waals surface area contributed by atoms with Gasteiger partial charge in [-0.1, -0.05) is 68.4 Å². The number of carboxylic acid groups (broad SMARTS) is 1. The molecule has 0 saturated heterocycles. The maximum absolute atomic E-state index is 14.0. The Kier molecular flexibility index (Phi) is 10.5. The molecule has 3 amide bonds. The standard InChI is InChI=1S/C39H43N7O5/c1-22(2)15-33(44-36(47)29(40)16-23-19-41-30-12-6-3-9-26(23)30)37(48)45-34(17-24-20-42-31-13-7-4-10-27(24)31)38(49)46-35(39(50)51)18-25-21-43-32-14-8-5-11-28(25)32/h3-14,19-22,29,33-35,41-43H,15-18,40H2,1-2H3,(H,44,47)(H,45,48)(H,46,49)(H,50,51). The molecule has 51 heavy (non-hydrogen) atoms. The summed E-state index contributed by atoms with van der Waals surface area (Å²) >= 11 is 0. The molecule has 0 radical (unpaired) electrons. The number of fused-ring (bicyclic) bond motifs is 3. The van der Waals surface area contributed by atoms with Gasteiger partial charge in [0.1, 0.15) is 18.1 Å². The fraction of sp³-hybridized carbons (Fsp3) is 0.282. The summed E-state index contributed by atoms with van der Waals surface area (Å²) in [5.74, 6) is -2.92. The lowest BCUT2D eigenvalue weighted by atomic mass is 9.99. The van der Waals surface area contributed by atoms with Crippen LogP contribution in [0.1, 0.15) is 37.0 Å². The minimum absolute atomic E-state index is 0.0133. The number of H-pyrrole nitrogens is 3. The summed E-state index contributed by atoms with van der Waals surface area (Å²) in [4.78, 5) is 63.4. The number of amides is 3. The molecule has 0 fully saturated rings. The van der Waals surface area contributed by atoms with Gasteiger partial charge in [0.05, 0.1) is 6.04 Å². The van der Waals surface area contributed by atoms with E-state index in [1.165, 1.54) is 0 Å². The van der Waals surface area contributed by atoms with Crippen LogP contribution in [0.3, 0.4) is 0 Å². The van der Waals surface area contributed by atoms with Crippen molar-refractivity contribution in [2.24, 2.45) is 11.7 Å². The van der Waals surface area contributed by atoms with Gasteiger partial charge in [0, 0.05) is 64.1 Å². The molecule has 0 aliphatic heterocycles. The smallest absolute Gasteiger partial charge is 0.326 e. The molecule has 0 saturated carbocycles. The van der Waals surface area contributed by atoms with Crippen molar-refractivity contribution in [1.29, 1.82) is 0 Å². The van der Waals surface area contributed by atoms with Gasteiger partial charge in [-0.05, 0) is 53.6 Å². The fourth-order valence-corrected chi connectivity index (χ4v) is 6.61. The van der Waals surface area contributed by atoms with E-state index in [1.807, 2.05) is 92.8 Å². The number of hydrogen-bond donors (Lipinski definition) is 8. The van der Waals surface area contributed by atoms with Crippen LogP contribution in [0, 0.1) is 5.92 Å². The molecule has 0 aliphatic rings. The zero-order valence-corrected chi connectivity index (χ0v) is 28.5. The van der Waals surface area contributed by atoms with Crippen molar-refractivity contribution in [2.75, 3.05) is 0 Å². The number of carbonyl (C=O) groups is 4. The minimum Gasteiger partial charge on any atom is -0.480 e. The van der Waals surface area contributed by atoms with Crippen LogP contribution in [-0.4, -0.2) is 67.9 Å². The molecule has 3 aromatic heterocycles. The zero-order chi connectivity index (χ0) is 36.1. The van der Waals surface area contributed by atoms with Crippen molar-refractivity contribution in [3.63, 3.8) is 0 Å². The third-order valence-corrected chi connectivity index (χ3v) is 9.24. The molecule has 12 nitrogen and oxygen atoms in total. The number of aliphatic carboxylic acids is 1. The minimum atomic E-state index is -1.27. The van der Waals surface area contributed by atoms with Crippen molar-refractivity contribution in [1.82, 2.24) is 30.9 Å². The van der Waals surface area contributed by atoms with Crippen LogP contribution in [0.2, 0.25) is 0 Å². The number of benzene rings is 3. The number of aromatic amines is 3. The number of nitrogens with one attached hydrogen (secondary N) is 6. The van der Waals surface area contributed by atoms with Crippen LogP contribution >= 0.6 is 0 Å². The summed E-state index contributed by atoms with van der Waals surface area (Å²) in [6.45, 7) is 3.85. The Bertz CT molecular complexity index is 2180. The third kappa shape index (κ3) is 8.13. The number of carboxylic acids is 1. The molecule has 6 rings (SSSR count). The Balaban J connectivity index is 1.21. The topological polar surface area (TPSA) is 198 Å². The Morgan fingerprint density at radius 1 is 0.588 bits per heavy atom. The van der Waals surface area contributed by atoms with Crippen LogP contribution < -0.4 is 21.7 Å². The maximum Gasteiger partial charge on any atom is 0.326 e. The Morgan fingerprint density at radius 2 is 0.980 bits per heavy atom. The molecular weight excluding hydrogens is 646 g/mol. The van der Waals surface area contributed by atoms with Gasteiger partial charge < -0.3 is 41.7 Å². The van der Waals surface area contributed by atoms with Gasteiger partial charge in [0.15, 0.2) is 0 Å². The summed E-state index contributed by atoms with van der Waals surface area (Å²) < 4.78 is 0. The van der Waals surface area contributed by atoms with Gasteiger partial charge in [-0.3, -0.25) is 14.4 Å². The predicted molar refractivity (Wildman–Crippen MR) is 197 cm³/mol. The monoisotopic (exact) mass is 689 g/mol. The summed E-state index contributed by atoms with van der Waals surface area (Å²) in [6, 6.07) is 18.5. The first kappa shape index (κ1) is 35.0. The second-order valence-electron chi connectivity index (χ2n) is 13.4. The second-order valence-corrected chi connectivity index (χ2v) is 13.4. The number of rotatable bonds is 15. The van der Waals surface area contributed by atoms with Gasteiger partial charge >= 0.3 is 5.97 Å². The first-order valence-corrected chi connectivity index (χ1v) is 17.1. The molecule has 264 valence electrons. The van der Waals surface area contributed by atoms with E-state index >= 15 is 0 Å². The zero-order valence-electron chi connectivity index (χ0n) is 28.5. The summed E-state index contributed by atoms with van der Waals surface area (Å²) in [5, 5.41) is 21.2. The van der Waals surface area contributed by atoms with E-state index in [0.717, 1.165) is 49.4 Å². The van der Waals surface area contributed by atoms with E-state index in [9.17, 15) is 24.3 Å². The molecular formula is C39H43N7O5. The van der Waals surface area contributed by atoms with Crippen molar-refractivity contribution >= 4 is 56.4 Å². The van der Waals surface area contributed by atoms with Crippen LogP contribution in [0.4, 0.5) is 0 Å². The molecule has 6 aromatic rings. The van der Waals surface area contributed by atoms with Crippen molar-refractivity contribution < 1.29 is 24.3 Å². The molecule has 9 N–H and O–H groups in total. The number of aromatic nitrogens is 3. The predicted octanol–water partition coefficient (Wildman–Crippen LogP) is 4.07. The number of carbonyl (C=O) groups excluding carboxylic acids is 3. The van der Waals surface area contributed by atoms with E-state index in [0.29, 0.717) is 0 Å². The van der Waals surface area contributed by atoms with Gasteiger partial charge in [-0.25, -0.2) is 4.79 Å². The molecule has 0 bridgehead atoms. The van der Waals surface area contributed by atoms with Crippen molar-refractivity contribution in [3.05, 3.63) is 108 Å². The average molecular weight is 690 g/mol. The number of nitrogens with two attached hydrogens (primary N) is 1. The van der Waals surface area contributed by atoms with Gasteiger partial charge in [0.2, 0.25) is 17.7 Å². The second kappa shape index (κ2) is 15.3. The highest BCUT2D eigenvalue weighted by Gasteiger charge is 2.32. The molecule has 3 aromatic carbocycles. The fourth-order valence-electron chi connectivity index (χ4n) is 6.61. The van der Waals surface area contributed by atoms with E-state index in [4.69, 9.17) is 5.73 Å². The number of hydrogen-bond acceptors (Lipinski definition) is 5. The Labute approximate surface area is 294 Å². The molecule has 0 spiro atoms. The molecule has 4 atom stereocenters. The van der Waals surface area contributed by atoms with Crippen LogP contribution in [0.5, 0.6) is 0 Å².